The lowest BCUT2D eigenvalue weighted by Crippen LogP contribution is -2.06. The number of thiazole rings is 1. The first kappa shape index (κ1) is 10.8. The van der Waals surface area contributed by atoms with E-state index in [9.17, 15) is 9.18 Å². The summed E-state index contributed by atoms with van der Waals surface area (Å²) in [6.45, 7) is 0.275. The Morgan fingerprint density at radius 3 is 3.00 bits per heavy atom. The largest absolute Gasteiger partial charge is 0.325 e. The van der Waals surface area contributed by atoms with Crippen molar-refractivity contribution in [3.63, 3.8) is 0 Å². The van der Waals surface area contributed by atoms with Gasteiger partial charge in [-0.1, -0.05) is 0 Å². The van der Waals surface area contributed by atoms with Crippen molar-refractivity contribution >= 4 is 17.1 Å². The number of aromatic nitrogens is 2. The number of hydrogen-bond donors (Lipinski definition) is 1. The quantitative estimate of drug-likeness (QED) is 0.818. The average molecular weight is 237 g/mol. The highest BCUT2D eigenvalue weighted by molar-refractivity contribution is 7.09. The molecule has 2 heterocycles. The van der Waals surface area contributed by atoms with Crippen molar-refractivity contribution in [2.24, 2.45) is 5.73 Å². The zero-order valence-electron chi connectivity index (χ0n) is 8.18. The molecule has 0 aromatic carbocycles. The molecule has 0 saturated heterocycles. The molecule has 0 amide bonds. The molecule has 2 aromatic heterocycles. The van der Waals surface area contributed by atoms with E-state index in [0.29, 0.717) is 5.01 Å². The van der Waals surface area contributed by atoms with Gasteiger partial charge in [0, 0.05) is 18.1 Å². The van der Waals surface area contributed by atoms with Crippen LogP contribution in [0, 0.1) is 5.82 Å². The van der Waals surface area contributed by atoms with Crippen LogP contribution >= 0.6 is 11.3 Å². The first-order chi connectivity index (χ1) is 7.72. The van der Waals surface area contributed by atoms with Gasteiger partial charge in [-0.15, -0.1) is 11.3 Å². The topological polar surface area (TPSA) is 68.9 Å². The number of pyridine rings is 1. The molecule has 16 heavy (non-hydrogen) atoms. The number of nitrogens with two attached hydrogens (primary N) is 1. The number of hydrogen-bond acceptors (Lipinski definition) is 5. The van der Waals surface area contributed by atoms with Crippen molar-refractivity contribution in [3.05, 3.63) is 45.9 Å². The average Bonchev–Trinajstić information content (AvgIpc) is 2.77. The minimum absolute atomic E-state index is 0.0242. The van der Waals surface area contributed by atoms with Gasteiger partial charge in [0.15, 0.2) is 5.82 Å². The van der Waals surface area contributed by atoms with E-state index in [1.54, 1.807) is 5.38 Å². The number of nitrogens with zero attached hydrogens (tertiary/aromatic N) is 2. The van der Waals surface area contributed by atoms with Crippen LogP contribution in [-0.4, -0.2) is 15.8 Å². The summed E-state index contributed by atoms with van der Waals surface area (Å²) in [6.07, 6.45) is 2.37. The predicted octanol–water partition coefficient (Wildman–Crippen LogP) is 1.37. The van der Waals surface area contributed by atoms with Crippen molar-refractivity contribution in [2.75, 3.05) is 0 Å². The first-order valence-corrected chi connectivity index (χ1v) is 5.39. The van der Waals surface area contributed by atoms with Gasteiger partial charge in [-0.2, -0.15) is 0 Å². The lowest BCUT2D eigenvalue weighted by Gasteiger charge is -1.97. The molecule has 0 radical (unpaired) electrons. The zero-order valence-corrected chi connectivity index (χ0v) is 9.00. The second-order valence-electron chi connectivity index (χ2n) is 3.02. The molecule has 0 aliphatic rings. The van der Waals surface area contributed by atoms with Gasteiger partial charge in [-0.25, -0.2) is 9.37 Å². The lowest BCUT2D eigenvalue weighted by atomic mass is 10.1. The highest BCUT2D eigenvalue weighted by Gasteiger charge is 2.16. The molecule has 2 N–H and O–H groups in total. The van der Waals surface area contributed by atoms with E-state index >= 15 is 0 Å². The summed E-state index contributed by atoms with van der Waals surface area (Å²) >= 11 is 1.28. The van der Waals surface area contributed by atoms with Crippen molar-refractivity contribution in [1.29, 1.82) is 0 Å². The molecule has 0 bridgehead atoms. The van der Waals surface area contributed by atoms with Gasteiger partial charge in [0.1, 0.15) is 10.7 Å². The van der Waals surface area contributed by atoms with Crippen LogP contribution in [0.2, 0.25) is 0 Å². The molecule has 0 aliphatic heterocycles. The van der Waals surface area contributed by atoms with Crippen LogP contribution in [0.25, 0.3) is 0 Å². The highest BCUT2D eigenvalue weighted by atomic mass is 32.1. The van der Waals surface area contributed by atoms with E-state index in [1.165, 1.54) is 23.6 Å². The fourth-order valence-electron chi connectivity index (χ4n) is 1.21. The molecular formula is C10H8FN3OS. The van der Waals surface area contributed by atoms with Crippen LogP contribution in [0.5, 0.6) is 0 Å². The third-order valence-electron chi connectivity index (χ3n) is 1.98. The number of carbonyl (C=O) groups excluding carboxylic acids is 1. The molecule has 6 heteroatoms. The van der Waals surface area contributed by atoms with Crippen molar-refractivity contribution in [1.82, 2.24) is 9.97 Å². The molecular weight excluding hydrogens is 229 g/mol. The molecule has 0 atom stereocenters. The highest BCUT2D eigenvalue weighted by Crippen LogP contribution is 2.15. The lowest BCUT2D eigenvalue weighted by molar-refractivity contribution is 0.103. The van der Waals surface area contributed by atoms with Gasteiger partial charge in [0.2, 0.25) is 5.78 Å². The number of halogens is 1. The summed E-state index contributed by atoms with van der Waals surface area (Å²) in [5.41, 5.74) is 5.58. The van der Waals surface area contributed by atoms with Crippen LogP contribution in [0.15, 0.2) is 23.8 Å². The molecule has 4 nitrogen and oxygen atoms in total. The van der Waals surface area contributed by atoms with Crippen molar-refractivity contribution in [2.45, 2.75) is 6.54 Å². The summed E-state index contributed by atoms with van der Waals surface area (Å²) in [5.74, 6) is -1.09. The maximum Gasteiger partial charge on any atom is 0.215 e. The second-order valence-corrected chi connectivity index (χ2v) is 3.96. The maximum absolute atomic E-state index is 13.3. The Bertz CT molecular complexity index is 526. The minimum Gasteiger partial charge on any atom is -0.325 e. The Balaban J connectivity index is 2.35. The molecule has 0 fully saturated rings. The maximum atomic E-state index is 13.3. The van der Waals surface area contributed by atoms with Crippen molar-refractivity contribution < 1.29 is 9.18 Å². The van der Waals surface area contributed by atoms with Gasteiger partial charge in [0.05, 0.1) is 11.8 Å². The third kappa shape index (κ3) is 1.98. The number of carbonyl (C=O) groups is 1. The Morgan fingerprint density at radius 1 is 1.56 bits per heavy atom. The van der Waals surface area contributed by atoms with Gasteiger partial charge in [0.25, 0.3) is 0 Å². The van der Waals surface area contributed by atoms with Crippen LogP contribution in [-0.2, 0) is 6.54 Å². The van der Waals surface area contributed by atoms with Gasteiger partial charge in [-0.05, 0) is 6.07 Å². The molecule has 2 aromatic rings. The summed E-state index contributed by atoms with van der Waals surface area (Å²) < 4.78 is 13.3. The second kappa shape index (κ2) is 4.46. The molecule has 0 unspecified atom stereocenters. The third-order valence-corrected chi connectivity index (χ3v) is 2.85. The summed E-state index contributed by atoms with van der Waals surface area (Å²) in [5, 5.41) is 2.22. The summed E-state index contributed by atoms with van der Waals surface area (Å²) in [7, 11) is 0. The minimum atomic E-state index is -0.644. The fraction of sp³-hybridized carbons (Fsp3) is 0.100. The van der Waals surface area contributed by atoms with E-state index in [-0.39, 0.29) is 17.8 Å². The Kier molecular flexibility index (Phi) is 3.02. The normalized spacial score (nSPS) is 10.4. The first-order valence-electron chi connectivity index (χ1n) is 4.51. The van der Waals surface area contributed by atoms with E-state index in [1.807, 2.05) is 0 Å². The van der Waals surface area contributed by atoms with Gasteiger partial charge >= 0.3 is 0 Å². The van der Waals surface area contributed by atoms with Crippen molar-refractivity contribution in [3.8, 4) is 0 Å². The predicted molar refractivity (Wildman–Crippen MR) is 57.6 cm³/mol. The molecule has 2 rings (SSSR count). The van der Waals surface area contributed by atoms with Gasteiger partial charge < -0.3 is 5.73 Å². The van der Waals surface area contributed by atoms with Crippen LogP contribution in [0.3, 0.4) is 0 Å². The summed E-state index contributed by atoms with van der Waals surface area (Å²) in [4.78, 5) is 19.4. The Morgan fingerprint density at radius 2 is 2.38 bits per heavy atom. The van der Waals surface area contributed by atoms with Crippen LogP contribution in [0.4, 0.5) is 4.39 Å². The summed E-state index contributed by atoms with van der Waals surface area (Å²) in [6, 6.07) is 1.33. The number of ketones is 1. The monoisotopic (exact) mass is 237 g/mol. The number of rotatable bonds is 3. The van der Waals surface area contributed by atoms with Crippen LogP contribution in [0.1, 0.15) is 21.1 Å². The fourth-order valence-corrected chi connectivity index (χ4v) is 1.86. The smallest absolute Gasteiger partial charge is 0.215 e. The Labute approximate surface area is 95.0 Å². The SMILES string of the molecule is NCc1nc(C(=O)c2ccncc2F)cs1. The van der Waals surface area contributed by atoms with E-state index in [4.69, 9.17) is 5.73 Å². The molecule has 0 aliphatic carbocycles. The van der Waals surface area contributed by atoms with E-state index in [2.05, 4.69) is 9.97 Å². The molecule has 0 spiro atoms. The zero-order chi connectivity index (χ0) is 11.5. The molecule has 0 saturated carbocycles. The Hall–Kier alpha value is -1.66. The molecule has 82 valence electrons. The standard InChI is InChI=1S/C10H8FN3OS/c11-7-4-13-2-1-6(7)10(15)8-5-16-9(3-12)14-8/h1-2,4-5H,3,12H2. The van der Waals surface area contributed by atoms with E-state index < -0.39 is 11.6 Å². The van der Waals surface area contributed by atoms with Gasteiger partial charge in [-0.3, -0.25) is 9.78 Å². The van der Waals surface area contributed by atoms with Crippen LogP contribution < -0.4 is 5.73 Å². The van der Waals surface area contributed by atoms with E-state index in [0.717, 1.165) is 6.20 Å².